The molecule has 2 aliphatic rings. The van der Waals surface area contributed by atoms with E-state index in [1.807, 2.05) is 0 Å². The molecule has 0 saturated carbocycles. The summed E-state index contributed by atoms with van der Waals surface area (Å²) in [7, 11) is 0. The molecule has 0 aromatic heterocycles. The third-order valence-electron chi connectivity index (χ3n) is 3.40. The first-order valence-corrected chi connectivity index (χ1v) is 6.56. The average molecular weight is 200 g/mol. The molecule has 2 rings (SSSR count). The summed E-state index contributed by atoms with van der Waals surface area (Å²) in [6.45, 7) is 7.50. The Morgan fingerprint density at radius 3 is 2.77 bits per heavy atom. The molecule has 2 saturated heterocycles. The van der Waals surface area contributed by atoms with E-state index in [1.54, 1.807) is 0 Å². The molecule has 2 heterocycles. The smallest absolute Gasteiger partial charge is 0.0108 e. The molecular weight excluding hydrogens is 180 g/mol. The second-order valence-electron chi connectivity index (χ2n) is 4.14. The normalized spacial score (nSPS) is 33.5. The summed E-state index contributed by atoms with van der Waals surface area (Å²) in [6, 6.07) is 0.802. The van der Waals surface area contributed by atoms with Gasteiger partial charge < -0.3 is 5.32 Å². The Kier molecular flexibility index (Phi) is 3.52. The Labute approximate surface area is 85.4 Å². The topological polar surface area (TPSA) is 15.3 Å². The van der Waals surface area contributed by atoms with Crippen molar-refractivity contribution in [3.8, 4) is 0 Å². The molecule has 0 spiro atoms. The zero-order chi connectivity index (χ0) is 9.10. The van der Waals surface area contributed by atoms with Gasteiger partial charge in [0.1, 0.15) is 0 Å². The zero-order valence-electron chi connectivity index (χ0n) is 8.46. The van der Waals surface area contributed by atoms with Gasteiger partial charge in [0.05, 0.1) is 0 Å². The van der Waals surface area contributed by atoms with E-state index >= 15 is 0 Å². The van der Waals surface area contributed by atoms with Crippen molar-refractivity contribution < 1.29 is 0 Å². The second-order valence-corrected chi connectivity index (χ2v) is 5.37. The van der Waals surface area contributed by atoms with Crippen molar-refractivity contribution in [2.24, 2.45) is 5.92 Å². The fraction of sp³-hybridized carbons (Fsp3) is 1.00. The first-order valence-electron chi connectivity index (χ1n) is 5.40. The molecule has 0 aromatic carbocycles. The molecule has 3 heteroatoms. The largest absolute Gasteiger partial charge is 0.316 e. The molecular formula is C10H20N2S. The van der Waals surface area contributed by atoms with Crippen molar-refractivity contribution in [3.05, 3.63) is 0 Å². The monoisotopic (exact) mass is 200 g/mol. The van der Waals surface area contributed by atoms with Crippen LogP contribution in [0, 0.1) is 5.92 Å². The van der Waals surface area contributed by atoms with Crippen LogP contribution < -0.4 is 5.32 Å². The van der Waals surface area contributed by atoms with Crippen LogP contribution >= 0.6 is 11.8 Å². The number of rotatable bonds is 2. The van der Waals surface area contributed by atoms with E-state index in [-0.39, 0.29) is 0 Å². The fourth-order valence-corrected chi connectivity index (χ4v) is 3.30. The highest BCUT2D eigenvalue weighted by molar-refractivity contribution is 7.99. The highest BCUT2D eigenvalue weighted by Crippen LogP contribution is 2.20. The summed E-state index contributed by atoms with van der Waals surface area (Å²) >= 11 is 2.10. The molecule has 2 aliphatic heterocycles. The highest BCUT2D eigenvalue weighted by Gasteiger charge is 2.26. The number of hydrogen-bond donors (Lipinski definition) is 1. The fourth-order valence-electron chi connectivity index (χ4n) is 2.37. The number of nitrogens with one attached hydrogen (secondary N) is 1. The lowest BCUT2D eigenvalue weighted by Gasteiger charge is -2.35. The Balaban J connectivity index is 1.83. The Morgan fingerprint density at radius 2 is 2.15 bits per heavy atom. The van der Waals surface area contributed by atoms with Crippen molar-refractivity contribution in [2.75, 3.05) is 37.7 Å². The molecule has 76 valence electrons. The maximum atomic E-state index is 3.46. The van der Waals surface area contributed by atoms with Gasteiger partial charge in [-0.2, -0.15) is 11.8 Å². The van der Waals surface area contributed by atoms with Crippen molar-refractivity contribution >= 4 is 11.8 Å². The van der Waals surface area contributed by atoms with Gasteiger partial charge in [0.2, 0.25) is 0 Å². The van der Waals surface area contributed by atoms with Gasteiger partial charge in [0.25, 0.3) is 0 Å². The predicted octanol–water partition coefficient (Wildman–Crippen LogP) is 1.03. The molecule has 2 nitrogen and oxygen atoms in total. The maximum Gasteiger partial charge on any atom is 0.0108 e. The van der Waals surface area contributed by atoms with Crippen LogP contribution in [0.3, 0.4) is 0 Å². The summed E-state index contributed by atoms with van der Waals surface area (Å²) < 4.78 is 0. The maximum absolute atomic E-state index is 3.46. The van der Waals surface area contributed by atoms with E-state index in [9.17, 15) is 0 Å². The lowest BCUT2D eigenvalue weighted by atomic mass is 9.99. The van der Waals surface area contributed by atoms with Crippen molar-refractivity contribution in [2.45, 2.75) is 19.4 Å². The van der Waals surface area contributed by atoms with Crippen molar-refractivity contribution in [1.82, 2.24) is 10.2 Å². The van der Waals surface area contributed by atoms with Crippen molar-refractivity contribution in [3.63, 3.8) is 0 Å². The van der Waals surface area contributed by atoms with E-state index in [1.165, 1.54) is 44.1 Å². The van der Waals surface area contributed by atoms with Gasteiger partial charge in [0, 0.05) is 30.6 Å². The first-order chi connectivity index (χ1) is 6.38. The van der Waals surface area contributed by atoms with Gasteiger partial charge in [0.15, 0.2) is 0 Å². The van der Waals surface area contributed by atoms with E-state index in [4.69, 9.17) is 0 Å². The van der Waals surface area contributed by atoms with E-state index in [0.29, 0.717) is 0 Å². The van der Waals surface area contributed by atoms with Crippen LogP contribution in [0.2, 0.25) is 0 Å². The molecule has 2 fully saturated rings. The molecule has 0 aliphatic carbocycles. The van der Waals surface area contributed by atoms with Gasteiger partial charge in [-0.3, -0.25) is 4.90 Å². The quantitative estimate of drug-likeness (QED) is 0.717. The summed E-state index contributed by atoms with van der Waals surface area (Å²) in [5.41, 5.74) is 0. The van der Waals surface area contributed by atoms with Crippen LogP contribution in [-0.2, 0) is 0 Å². The van der Waals surface area contributed by atoms with Gasteiger partial charge in [-0.25, -0.2) is 0 Å². The van der Waals surface area contributed by atoms with Crippen LogP contribution in [0.25, 0.3) is 0 Å². The summed E-state index contributed by atoms with van der Waals surface area (Å²) in [4.78, 5) is 2.67. The molecule has 2 unspecified atom stereocenters. The van der Waals surface area contributed by atoms with Crippen LogP contribution in [-0.4, -0.2) is 48.6 Å². The van der Waals surface area contributed by atoms with Gasteiger partial charge in [-0.15, -0.1) is 0 Å². The Morgan fingerprint density at radius 1 is 1.38 bits per heavy atom. The first kappa shape index (κ1) is 9.81. The number of thioether (sulfide) groups is 1. The Bertz CT molecular complexity index is 151. The molecule has 0 aromatic rings. The lowest BCUT2D eigenvalue weighted by molar-refractivity contribution is 0.177. The lowest BCUT2D eigenvalue weighted by Crippen LogP contribution is -2.44. The highest BCUT2D eigenvalue weighted by atomic mass is 32.2. The van der Waals surface area contributed by atoms with Gasteiger partial charge in [-0.05, 0) is 32.4 Å². The third-order valence-corrected chi connectivity index (χ3v) is 4.34. The van der Waals surface area contributed by atoms with Crippen LogP contribution in [0.1, 0.15) is 13.3 Å². The number of nitrogens with zero attached hydrogens (tertiary/aromatic N) is 1. The predicted molar refractivity (Wildman–Crippen MR) is 59.3 cm³/mol. The molecule has 0 radical (unpaired) electrons. The molecule has 0 bridgehead atoms. The van der Waals surface area contributed by atoms with Crippen LogP contribution in [0.15, 0.2) is 0 Å². The van der Waals surface area contributed by atoms with Crippen molar-refractivity contribution in [1.29, 1.82) is 0 Å². The van der Waals surface area contributed by atoms with Gasteiger partial charge in [-0.1, -0.05) is 0 Å². The minimum Gasteiger partial charge on any atom is -0.316 e. The van der Waals surface area contributed by atoms with Crippen LogP contribution in [0.5, 0.6) is 0 Å². The number of hydrogen-bond acceptors (Lipinski definition) is 3. The standard InChI is InChI=1S/C10H20N2S/c1-9(10-2-3-11-8-10)12-4-6-13-7-5-12/h9-11H,2-8H2,1H3. The van der Waals surface area contributed by atoms with Gasteiger partial charge >= 0.3 is 0 Å². The average Bonchev–Trinajstić information content (AvgIpc) is 2.71. The van der Waals surface area contributed by atoms with E-state index in [0.717, 1.165) is 12.0 Å². The van der Waals surface area contributed by atoms with E-state index < -0.39 is 0 Å². The minimum absolute atomic E-state index is 0.802. The molecule has 2 atom stereocenters. The molecule has 13 heavy (non-hydrogen) atoms. The molecule has 1 N–H and O–H groups in total. The summed E-state index contributed by atoms with van der Waals surface area (Å²) in [5.74, 6) is 3.58. The molecule has 0 amide bonds. The minimum atomic E-state index is 0.802. The Hall–Kier alpha value is 0.270. The SMILES string of the molecule is CC(C1CCNC1)N1CCSCC1. The summed E-state index contributed by atoms with van der Waals surface area (Å²) in [6.07, 6.45) is 1.38. The summed E-state index contributed by atoms with van der Waals surface area (Å²) in [5, 5.41) is 3.46. The van der Waals surface area contributed by atoms with Crippen LogP contribution in [0.4, 0.5) is 0 Å². The van der Waals surface area contributed by atoms with E-state index in [2.05, 4.69) is 28.9 Å². The zero-order valence-corrected chi connectivity index (χ0v) is 9.28. The second kappa shape index (κ2) is 4.67. The third kappa shape index (κ3) is 2.39.